The molecule has 0 radical (unpaired) electrons. The van der Waals surface area contributed by atoms with E-state index >= 15 is 0 Å². The van der Waals surface area contributed by atoms with E-state index in [2.05, 4.69) is 23.8 Å². The van der Waals surface area contributed by atoms with Gasteiger partial charge in [-0.1, -0.05) is 6.92 Å². The van der Waals surface area contributed by atoms with Gasteiger partial charge in [-0.05, 0) is 33.0 Å². The molecule has 0 aromatic carbocycles. The van der Waals surface area contributed by atoms with Gasteiger partial charge in [-0.3, -0.25) is 10.3 Å². The van der Waals surface area contributed by atoms with Crippen LogP contribution in [0.25, 0.3) is 0 Å². The van der Waals surface area contributed by atoms with Gasteiger partial charge in [-0.2, -0.15) is 0 Å². The summed E-state index contributed by atoms with van der Waals surface area (Å²) in [5, 5.41) is 7.27. The summed E-state index contributed by atoms with van der Waals surface area (Å²) < 4.78 is 0. The highest BCUT2D eigenvalue weighted by atomic mass is 15.2. The molecule has 4 heteroatoms. The average Bonchev–Trinajstić information content (AvgIpc) is 2.36. The van der Waals surface area contributed by atoms with Crippen molar-refractivity contribution in [2.75, 3.05) is 33.2 Å². The van der Waals surface area contributed by atoms with Gasteiger partial charge in [0.05, 0.1) is 5.84 Å². The molecule has 0 aliphatic carbocycles. The van der Waals surface area contributed by atoms with E-state index in [0.29, 0.717) is 18.3 Å². The first-order chi connectivity index (χ1) is 7.13. The van der Waals surface area contributed by atoms with Crippen LogP contribution in [0.2, 0.25) is 0 Å². The van der Waals surface area contributed by atoms with E-state index in [-0.39, 0.29) is 0 Å². The van der Waals surface area contributed by atoms with Gasteiger partial charge in [0.1, 0.15) is 0 Å². The number of nitrogens with one attached hydrogen (secondary N) is 1. The number of rotatable bonds is 4. The van der Waals surface area contributed by atoms with Gasteiger partial charge in [0.15, 0.2) is 0 Å². The zero-order valence-electron chi connectivity index (χ0n) is 10.00. The van der Waals surface area contributed by atoms with Crippen LogP contribution in [0.3, 0.4) is 0 Å². The summed E-state index contributed by atoms with van der Waals surface area (Å²) in [5.74, 6) is 0.308. The Morgan fingerprint density at radius 1 is 1.47 bits per heavy atom. The van der Waals surface area contributed by atoms with Gasteiger partial charge >= 0.3 is 0 Å². The van der Waals surface area contributed by atoms with Crippen molar-refractivity contribution in [3.05, 3.63) is 0 Å². The molecule has 0 aromatic rings. The summed E-state index contributed by atoms with van der Waals surface area (Å²) in [6.07, 6.45) is 3.12. The molecule has 3 N–H and O–H groups in total. The molecule has 4 nitrogen and oxygen atoms in total. The molecule has 1 aliphatic rings. The van der Waals surface area contributed by atoms with Crippen molar-refractivity contribution in [3.63, 3.8) is 0 Å². The second-order valence-corrected chi connectivity index (χ2v) is 4.49. The zero-order valence-corrected chi connectivity index (χ0v) is 10.00. The summed E-state index contributed by atoms with van der Waals surface area (Å²) in [4.78, 5) is 4.90. The summed E-state index contributed by atoms with van der Waals surface area (Å²) in [7, 11) is 2.19. The molecule has 15 heavy (non-hydrogen) atoms. The van der Waals surface area contributed by atoms with Crippen molar-refractivity contribution in [1.82, 2.24) is 9.80 Å². The lowest BCUT2D eigenvalue weighted by Gasteiger charge is -2.29. The lowest BCUT2D eigenvalue weighted by atomic mass is 10.1. The number of nitrogens with two attached hydrogens (primary N) is 1. The first kappa shape index (κ1) is 12.5. The van der Waals surface area contributed by atoms with Crippen LogP contribution in [0.1, 0.15) is 26.2 Å². The Labute approximate surface area is 92.9 Å². The number of hydrogen-bond donors (Lipinski definition) is 2. The zero-order chi connectivity index (χ0) is 11.3. The maximum Gasteiger partial charge on any atom is 0.0918 e. The van der Waals surface area contributed by atoms with E-state index in [0.717, 1.165) is 19.6 Å². The normalized spacial score (nSPS) is 25.1. The quantitative estimate of drug-likeness (QED) is 0.533. The predicted molar refractivity (Wildman–Crippen MR) is 64.3 cm³/mol. The standard InChI is InChI=1S/C11H24N4/c1-3-10-9-14(2)6-4-7-15(10)8-5-11(12)13/h10H,3-9H2,1-2H3,(H3,12,13). The second kappa shape index (κ2) is 6.08. The lowest BCUT2D eigenvalue weighted by Crippen LogP contribution is -2.41. The lowest BCUT2D eigenvalue weighted by molar-refractivity contribution is 0.188. The molecule has 0 amide bonds. The van der Waals surface area contributed by atoms with Gasteiger partial charge in [-0.25, -0.2) is 0 Å². The van der Waals surface area contributed by atoms with E-state index in [4.69, 9.17) is 11.1 Å². The van der Waals surface area contributed by atoms with Crippen LogP contribution in [0, 0.1) is 5.41 Å². The van der Waals surface area contributed by atoms with Crippen molar-refractivity contribution in [2.45, 2.75) is 32.2 Å². The molecule has 1 unspecified atom stereocenters. The fourth-order valence-electron chi connectivity index (χ4n) is 2.24. The number of hydrogen-bond acceptors (Lipinski definition) is 3. The van der Waals surface area contributed by atoms with Crippen molar-refractivity contribution in [2.24, 2.45) is 5.73 Å². The molecule has 0 saturated carbocycles. The third-order valence-corrected chi connectivity index (χ3v) is 3.16. The maximum absolute atomic E-state index is 7.27. The van der Waals surface area contributed by atoms with Gasteiger partial charge < -0.3 is 10.6 Å². The van der Waals surface area contributed by atoms with Crippen LogP contribution in [-0.4, -0.2) is 54.9 Å². The molecule has 0 aromatic heterocycles. The Bertz CT molecular complexity index is 205. The first-order valence-corrected chi connectivity index (χ1v) is 5.89. The van der Waals surface area contributed by atoms with E-state index < -0.39 is 0 Å². The molecular weight excluding hydrogens is 188 g/mol. The third-order valence-electron chi connectivity index (χ3n) is 3.16. The third kappa shape index (κ3) is 4.18. The van der Waals surface area contributed by atoms with Crippen molar-refractivity contribution in [3.8, 4) is 0 Å². The molecule has 1 saturated heterocycles. The number of likely N-dealkylation sites (N-methyl/N-ethyl adjacent to an activating group) is 1. The smallest absolute Gasteiger partial charge is 0.0918 e. The van der Waals surface area contributed by atoms with Crippen LogP contribution >= 0.6 is 0 Å². The maximum atomic E-state index is 7.27. The monoisotopic (exact) mass is 212 g/mol. The predicted octanol–water partition coefficient (Wildman–Crippen LogP) is 0.729. The van der Waals surface area contributed by atoms with Gasteiger partial charge in [0.25, 0.3) is 0 Å². The number of amidine groups is 1. The van der Waals surface area contributed by atoms with Crippen molar-refractivity contribution < 1.29 is 0 Å². The van der Waals surface area contributed by atoms with Gasteiger partial charge in [-0.15, -0.1) is 0 Å². The molecule has 88 valence electrons. The number of nitrogens with zero attached hydrogens (tertiary/aromatic N) is 2. The minimum absolute atomic E-state index is 0.308. The highest BCUT2D eigenvalue weighted by molar-refractivity contribution is 5.76. The summed E-state index contributed by atoms with van der Waals surface area (Å²) in [6, 6.07) is 0.636. The Morgan fingerprint density at radius 3 is 2.80 bits per heavy atom. The minimum Gasteiger partial charge on any atom is -0.388 e. The summed E-state index contributed by atoms with van der Waals surface area (Å²) in [5.41, 5.74) is 5.41. The molecular formula is C11H24N4. The molecule has 1 atom stereocenters. The summed E-state index contributed by atoms with van der Waals surface area (Å²) in [6.45, 7) is 6.67. The topological polar surface area (TPSA) is 56.4 Å². The molecule has 1 rings (SSSR count). The Hall–Kier alpha value is -0.610. The van der Waals surface area contributed by atoms with Crippen LogP contribution in [0.5, 0.6) is 0 Å². The summed E-state index contributed by atoms with van der Waals surface area (Å²) >= 11 is 0. The van der Waals surface area contributed by atoms with Crippen LogP contribution < -0.4 is 5.73 Å². The highest BCUT2D eigenvalue weighted by Gasteiger charge is 2.21. The van der Waals surface area contributed by atoms with E-state index in [1.54, 1.807) is 0 Å². The first-order valence-electron chi connectivity index (χ1n) is 5.89. The van der Waals surface area contributed by atoms with Crippen LogP contribution in [0.15, 0.2) is 0 Å². The fourth-order valence-corrected chi connectivity index (χ4v) is 2.24. The van der Waals surface area contributed by atoms with E-state index in [9.17, 15) is 0 Å². The van der Waals surface area contributed by atoms with E-state index in [1.165, 1.54) is 19.4 Å². The Morgan fingerprint density at radius 2 is 2.20 bits per heavy atom. The largest absolute Gasteiger partial charge is 0.388 e. The molecule has 0 spiro atoms. The molecule has 1 fully saturated rings. The van der Waals surface area contributed by atoms with Crippen LogP contribution in [-0.2, 0) is 0 Å². The van der Waals surface area contributed by atoms with Crippen LogP contribution in [0.4, 0.5) is 0 Å². The van der Waals surface area contributed by atoms with E-state index in [1.807, 2.05) is 0 Å². The van der Waals surface area contributed by atoms with Crippen molar-refractivity contribution >= 4 is 5.84 Å². The minimum atomic E-state index is 0.308. The van der Waals surface area contributed by atoms with Crippen molar-refractivity contribution in [1.29, 1.82) is 5.41 Å². The Balaban J connectivity index is 2.47. The molecule has 1 aliphatic heterocycles. The SMILES string of the molecule is CCC1CN(C)CCCN1CCC(=N)N. The second-order valence-electron chi connectivity index (χ2n) is 4.49. The molecule has 1 heterocycles. The Kier molecular flexibility index (Phi) is 5.05. The average molecular weight is 212 g/mol. The van der Waals surface area contributed by atoms with Gasteiger partial charge in [0, 0.05) is 25.6 Å². The van der Waals surface area contributed by atoms with Gasteiger partial charge in [0.2, 0.25) is 0 Å². The fraction of sp³-hybridized carbons (Fsp3) is 0.909. The highest BCUT2D eigenvalue weighted by Crippen LogP contribution is 2.12. The molecule has 0 bridgehead atoms.